The quantitative estimate of drug-likeness (QED) is 0.662. The Balaban J connectivity index is 1.35. The molecule has 4 bridgehead atoms. The van der Waals surface area contributed by atoms with E-state index in [2.05, 4.69) is 6.92 Å². The maximum absolute atomic E-state index is 12.9. The summed E-state index contributed by atoms with van der Waals surface area (Å²) in [6.07, 6.45) is 8.13. The summed E-state index contributed by atoms with van der Waals surface area (Å²) >= 11 is 0. The molecule has 0 N–H and O–H groups in total. The molecule has 28 heavy (non-hydrogen) atoms. The fraction of sp³-hybridized carbons (Fsp3) is 0.870. The minimum atomic E-state index is -0.565. The van der Waals surface area contributed by atoms with Crippen LogP contribution in [0.25, 0.3) is 0 Å². The van der Waals surface area contributed by atoms with Gasteiger partial charge in [-0.05, 0) is 75.5 Å². The molecule has 0 aromatic heterocycles. The first kappa shape index (κ1) is 19.9. The molecular weight excluding hydrogens is 356 g/mol. The van der Waals surface area contributed by atoms with Gasteiger partial charge in [-0.3, -0.25) is 14.4 Å². The van der Waals surface area contributed by atoms with Gasteiger partial charge in [0.25, 0.3) is 0 Å². The van der Waals surface area contributed by atoms with Crippen LogP contribution in [0.4, 0.5) is 0 Å². The second-order valence-corrected chi connectivity index (χ2v) is 10.2. The van der Waals surface area contributed by atoms with Crippen molar-refractivity contribution < 1.29 is 23.9 Å². The van der Waals surface area contributed by atoms with Crippen LogP contribution in [0.3, 0.4) is 0 Å². The van der Waals surface area contributed by atoms with Crippen molar-refractivity contribution in [1.82, 2.24) is 0 Å². The standard InChI is InChI=1S/C23H34O5/c1-13(21(25)27-20-6-4-5-19(24)12-20)14(2)22(26)28-23(3)17-8-15-7-16(10-17)11-18(23)9-15/h13-18,20H,4-12H2,1-3H3. The molecule has 156 valence electrons. The SMILES string of the molecule is CC(C(=O)OC1CCCC(=O)C1)C(C)C(=O)OC1(C)C2CC3CC(C2)CC1C3. The zero-order valence-corrected chi connectivity index (χ0v) is 17.4. The Morgan fingerprint density at radius 2 is 1.54 bits per heavy atom. The first-order valence-corrected chi connectivity index (χ1v) is 11.2. The number of esters is 2. The largest absolute Gasteiger partial charge is 0.462 e. The Morgan fingerprint density at radius 1 is 0.964 bits per heavy atom. The van der Waals surface area contributed by atoms with Crippen LogP contribution in [-0.2, 0) is 23.9 Å². The molecule has 0 aromatic carbocycles. The minimum Gasteiger partial charge on any atom is -0.462 e. The van der Waals surface area contributed by atoms with Gasteiger partial charge in [0.15, 0.2) is 0 Å². The third-order valence-corrected chi connectivity index (χ3v) is 8.29. The Kier molecular flexibility index (Phi) is 5.30. The maximum atomic E-state index is 12.9. The van der Waals surface area contributed by atoms with Crippen molar-refractivity contribution in [1.29, 1.82) is 0 Å². The van der Waals surface area contributed by atoms with Crippen molar-refractivity contribution in [3.63, 3.8) is 0 Å². The highest BCUT2D eigenvalue weighted by atomic mass is 16.6. The van der Waals surface area contributed by atoms with Gasteiger partial charge in [-0.25, -0.2) is 0 Å². The van der Waals surface area contributed by atoms with Gasteiger partial charge >= 0.3 is 11.9 Å². The normalized spacial score (nSPS) is 41.4. The molecule has 0 amide bonds. The maximum Gasteiger partial charge on any atom is 0.310 e. The summed E-state index contributed by atoms with van der Waals surface area (Å²) in [5.41, 5.74) is -0.377. The van der Waals surface area contributed by atoms with Crippen LogP contribution in [0, 0.1) is 35.5 Å². The van der Waals surface area contributed by atoms with Crippen LogP contribution in [-0.4, -0.2) is 29.4 Å². The number of ketones is 1. The van der Waals surface area contributed by atoms with Gasteiger partial charge in [0, 0.05) is 12.8 Å². The predicted molar refractivity (Wildman–Crippen MR) is 103 cm³/mol. The molecular formula is C23H34O5. The molecule has 3 atom stereocenters. The Hall–Kier alpha value is -1.39. The summed E-state index contributed by atoms with van der Waals surface area (Å²) in [6.45, 7) is 5.62. The smallest absolute Gasteiger partial charge is 0.310 e. The lowest BCUT2D eigenvalue weighted by molar-refractivity contribution is -0.208. The minimum absolute atomic E-state index is 0.152. The lowest BCUT2D eigenvalue weighted by atomic mass is 9.50. The molecule has 5 nitrogen and oxygen atoms in total. The van der Waals surface area contributed by atoms with E-state index >= 15 is 0 Å². The molecule has 3 unspecified atom stereocenters. The second-order valence-electron chi connectivity index (χ2n) is 10.2. The van der Waals surface area contributed by atoms with E-state index in [0.717, 1.165) is 24.7 Å². The number of hydrogen-bond donors (Lipinski definition) is 0. The molecule has 5 aliphatic carbocycles. The van der Waals surface area contributed by atoms with Crippen LogP contribution in [0.5, 0.6) is 0 Å². The van der Waals surface area contributed by atoms with E-state index in [1.54, 1.807) is 13.8 Å². The zero-order chi connectivity index (χ0) is 20.1. The van der Waals surface area contributed by atoms with Crippen molar-refractivity contribution in [2.75, 3.05) is 0 Å². The summed E-state index contributed by atoms with van der Waals surface area (Å²) in [5.74, 6) is 0.951. The first-order chi connectivity index (χ1) is 13.3. The van der Waals surface area contributed by atoms with Crippen molar-refractivity contribution in [2.24, 2.45) is 35.5 Å². The Morgan fingerprint density at radius 3 is 2.11 bits per heavy atom. The van der Waals surface area contributed by atoms with Crippen molar-refractivity contribution in [2.45, 2.75) is 90.3 Å². The Labute approximate surface area is 167 Å². The zero-order valence-electron chi connectivity index (χ0n) is 17.4. The van der Waals surface area contributed by atoms with E-state index in [4.69, 9.17) is 9.47 Å². The highest BCUT2D eigenvalue weighted by Crippen LogP contribution is 2.59. The van der Waals surface area contributed by atoms with E-state index in [1.165, 1.54) is 32.1 Å². The highest BCUT2D eigenvalue weighted by Gasteiger charge is 2.57. The van der Waals surface area contributed by atoms with Crippen LogP contribution >= 0.6 is 0 Å². The molecule has 5 saturated carbocycles. The van der Waals surface area contributed by atoms with E-state index in [1.807, 2.05) is 0 Å². The van der Waals surface area contributed by atoms with Gasteiger partial charge in [-0.2, -0.15) is 0 Å². The van der Waals surface area contributed by atoms with E-state index in [9.17, 15) is 14.4 Å². The van der Waals surface area contributed by atoms with Crippen LogP contribution < -0.4 is 0 Å². The Bertz CT molecular complexity index is 625. The number of rotatable bonds is 5. The van der Waals surface area contributed by atoms with Crippen LogP contribution in [0.2, 0.25) is 0 Å². The highest BCUT2D eigenvalue weighted by molar-refractivity contribution is 5.83. The summed E-state index contributed by atoms with van der Waals surface area (Å²) in [4.78, 5) is 37.1. The second kappa shape index (κ2) is 7.46. The molecule has 5 rings (SSSR count). The van der Waals surface area contributed by atoms with E-state index in [-0.39, 0.29) is 29.4 Å². The van der Waals surface area contributed by atoms with Crippen molar-refractivity contribution in [3.8, 4) is 0 Å². The molecule has 0 saturated heterocycles. The fourth-order valence-corrected chi connectivity index (χ4v) is 6.36. The van der Waals surface area contributed by atoms with Crippen molar-refractivity contribution in [3.05, 3.63) is 0 Å². The number of hydrogen-bond acceptors (Lipinski definition) is 5. The summed E-state index contributed by atoms with van der Waals surface area (Å²) < 4.78 is 11.7. The molecule has 0 aliphatic heterocycles. The van der Waals surface area contributed by atoms with E-state index < -0.39 is 11.8 Å². The van der Waals surface area contributed by atoms with Crippen LogP contribution in [0.15, 0.2) is 0 Å². The molecule has 5 heteroatoms. The summed E-state index contributed by atoms with van der Waals surface area (Å²) in [5, 5.41) is 0. The molecule has 0 radical (unpaired) electrons. The predicted octanol–water partition coefficient (Wildman–Crippen LogP) is 4.07. The van der Waals surface area contributed by atoms with Crippen LogP contribution in [0.1, 0.15) is 78.6 Å². The van der Waals surface area contributed by atoms with Gasteiger partial charge < -0.3 is 9.47 Å². The molecule has 5 aliphatic rings. The third kappa shape index (κ3) is 3.61. The fourth-order valence-electron chi connectivity index (χ4n) is 6.36. The topological polar surface area (TPSA) is 69.7 Å². The van der Waals surface area contributed by atoms with E-state index in [0.29, 0.717) is 24.7 Å². The average Bonchev–Trinajstić information content (AvgIpc) is 2.64. The monoisotopic (exact) mass is 390 g/mol. The first-order valence-electron chi connectivity index (χ1n) is 11.2. The number of ether oxygens (including phenoxy) is 2. The summed E-state index contributed by atoms with van der Waals surface area (Å²) in [6, 6.07) is 0. The molecule has 0 aromatic rings. The van der Waals surface area contributed by atoms with Gasteiger partial charge in [-0.1, -0.05) is 13.8 Å². The van der Waals surface area contributed by atoms with Crippen molar-refractivity contribution >= 4 is 17.7 Å². The molecule has 0 spiro atoms. The van der Waals surface area contributed by atoms with Gasteiger partial charge in [0.2, 0.25) is 0 Å². The lowest BCUT2D eigenvalue weighted by Crippen LogP contribution is -2.58. The van der Waals surface area contributed by atoms with Gasteiger partial charge in [0.1, 0.15) is 17.5 Å². The average molecular weight is 391 g/mol. The number of carbonyl (C=O) groups is 3. The van der Waals surface area contributed by atoms with Gasteiger partial charge in [-0.15, -0.1) is 0 Å². The summed E-state index contributed by atoms with van der Waals surface area (Å²) in [7, 11) is 0. The lowest BCUT2D eigenvalue weighted by Gasteiger charge is -2.59. The third-order valence-electron chi connectivity index (χ3n) is 8.29. The van der Waals surface area contributed by atoms with Gasteiger partial charge in [0.05, 0.1) is 11.8 Å². The number of Topliss-reactive ketones (excluding diaryl/α,β-unsaturated/α-hetero) is 1. The number of carbonyl (C=O) groups excluding carboxylic acids is 3. The molecule has 5 fully saturated rings. The molecule has 0 heterocycles.